The van der Waals surface area contributed by atoms with Gasteiger partial charge in [0.1, 0.15) is 24.5 Å². The van der Waals surface area contributed by atoms with Crippen LogP contribution in [-0.2, 0) is 26.1 Å². The van der Waals surface area contributed by atoms with Crippen molar-refractivity contribution < 1.29 is 4.74 Å². The van der Waals surface area contributed by atoms with Crippen LogP contribution in [0.5, 0.6) is 5.75 Å². The van der Waals surface area contributed by atoms with Crippen LogP contribution in [0, 0.1) is 5.92 Å². The fraction of sp³-hybridized carbons (Fsp3) is 0.333. The lowest BCUT2D eigenvalue weighted by Crippen LogP contribution is -2.29. The van der Waals surface area contributed by atoms with Crippen LogP contribution in [-0.4, -0.2) is 21.3 Å². The number of nitrogens with zero attached hydrogens (tertiary/aromatic N) is 3. The maximum atomic E-state index is 5.84. The van der Waals surface area contributed by atoms with Crippen LogP contribution in [0.25, 0.3) is 0 Å². The maximum Gasteiger partial charge on any atom is 0.132 e. The van der Waals surface area contributed by atoms with Crippen molar-refractivity contribution in [3.63, 3.8) is 0 Å². The molecule has 0 radical (unpaired) electrons. The molecule has 5 nitrogen and oxygen atoms in total. The summed E-state index contributed by atoms with van der Waals surface area (Å²) in [4.78, 5) is 0. The molecular formula is C21H24N4O. The Kier molecular flexibility index (Phi) is 5.26. The number of benzene rings is 2. The molecule has 3 aromatic rings. The first kappa shape index (κ1) is 16.8. The third kappa shape index (κ3) is 4.29. The zero-order valence-electron chi connectivity index (χ0n) is 14.8. The van der Waals surface area contributed by atoms with Crippen LogP contribution in [0.15, 0.2) is 60.9 Å². The molecule has 0 saturated heterocycles. The number of hydrogen-bond donors (Lipinski definition) is 1. The maximum absolute atomic E-state index is 5.84. The average Bonchev–Trinajstić information content (AvgIpc) is 3.16. The molecule has 4 rings (SSSR count). The highest BCUT2D eigenvalue weighted by atomic mass is 16.5. The minimum absolute atomic E-state index is 0.602. The molecular weight excluding hydrogens is 324 g/mol. The molecule has 2 heterocycles. The molecule has 0 aliphatic carbocycles. The molecule has 0 saturated carbocycles. The van der Waals surface area contributed by atoms with Gasteiger partial charge in [-0.3, -0.25) is 0 Å². The highest BCUT2D eigenvalue weighted by molar-refractivity contribution is 5.27. The van der Waals surface area contributed by atoms with Gasteiger partial charge in [0.2, 0.25) is 0 Å². The van der Waals surface area contributed by atoms with Crippen LogP contribution in [0.2, 0.25) is 0 Å². The van der Waals surface area contributed by atoms with Crippen LogP contribution in [0.3, 0.4) is 0 Å². The summed E-state index contributed by atoms with van der Waals surface area (Å²) in [5.41, 5.74) is 2.46. The van der Waals surface area contributed by atoms with Gasteiger partial charge in [-0.05, 0) is 42.1 Å². The molecule has 1 aliphatic rings. The Balaban J connectivity index is 1.21. The third-order valence-electron chi connectivity index (χ3n) is 4.86. The van der Waals surface area contributed by atoms with E-state index in [1.54, 1.807) is 0 Å². The van der Waals surface area contributed by atoms with Gasteiger partial charge in [-0.25, -0.2) is 0 Å². The predicted octanol–water partition coefficient (Wildman–Crippen LogP) is 3.21. The van der Waals surface area contributed by atoms with Crippen LogP contribution < -0.4 is 10.1 Å². The Bertz CT molecular complexity index is 814. The van der Waals surface area contributed by atoms with Gasteiger partial charge < -0.3 is 14.6 Å². The van der Waals surface area contributed by atoms with Crippen molar-refractivity contribution in [2.24, 2.45) is 5.92 Å². The van der Waals surface area contributed by atoms with E-state index in [1.165, 1.54) is 17.5 Å². The molecule has 1 atom stereocenters. The normalized spacial score (nSPS) is 16.2. The molecule has 0 spiro atoms. The van der Waals surface area contributed by atoms with E-state index in [0.717, 1.165) is 37.6 Å². The van der Waals surface area contributed by atoms with E-state index in [-0.39, 0.29) is 0 Å². The van der Waals surface area contributed by atoms with Gasteiger partial charge in [0.15, 0.2) is 0 Å². The first-order valence-corrected chi connectivity index (χ1v) is 9.20. The van der Waals surface area contributed by atoms with Crippen molar-refractivity contribution in [1.82, 2.24) is 20.1 Å². The quantitative estimate of drug-likeness (QED) is 0.712. The average molecular weight is 348 g/mol. The van der Waals surface area contributed by atoms with Gasteiger partial charge in [0.05, 0.1) is 0 Å². The monoisotopic (exact) mass is 348 g/mol. The van der Waals surface area contributed by atoms with Gasteiger partial charge in [0, 0.05) is 19.5 Å². The molecule has 1 aliphatic heterocycles. The van der Waals surface area contributed by atoms with Gasteiger partial charge in [-0.15, -0.1) is 10.2 Å². The van der Waals surface area contributed by atoms with E-state index in [2.05, 4.69) is 44.3 Å². The molecule has 134 valence electrons. The number of fused-ring (bicyclic) bond motifs is 1. The van der Waals surface area contributed by atoms with E-state index in [1.807, 2.05) is 36.7 Å². The standard InChI is InChI=1S/C21H24N4O/c1-2-4-18(5-3-1)15-26-20-9-6-17(7-10-20)12-22-13-19-8-11-21-24-23-16-25(21)14-19/h1-7,9-10,16,19,22H,8,11-15H2. The van der Waals surface area contributed by atoms with E-state index < -0.39 is 0 Å². The second-order valence-electron chi connectivity index (χ2n) is 6.85. The first-order valence-electron chi connectivity index (χ1n) is 9.20. The van der Waals surface area contributed by atoms with Crippen LogP contribution in [0.1, 0.15) is 23.4 Å². The molecule has 26 heavy (non-hydrogen) atoms. The summed E-state index contributed by atoms with van der Waals surface area (Å²) < 4.78 is 8.01. The Hall–Kier alpha value is -2.66. The second kappa shape index (κ2) is 8.15. The van der Waals surface area contributed by atoms with Crippen molar-refractivity contribution >= 4 is 0 Å². The van der Waals surface area contributed by atoms with Crippen LogP contribution >= 0.6 is 0 Å². The van der Waals surface area contributed by atoms with E-state index in [0.29, 0.717) is 12.5 Å². The van der Waals surface area contributed by atoms with Crippen molar-refractivity contribution in [2.75, 3.05) is 6.54 Å². The summed E-state index contributed by atoms with van der Waals surface area (Å²) in [6.07, 6.45) is 4.05. The number of aromatic nitrogens is 3. The van der Waals surface area contributed by atoms with Gasteiger partial charge >= 0.3 is 0 Å². The number of nitrogens with one attached hydrogen (secondary N) is 1. The van der Waals surface area contributed by atoms with Crippen molar-refractivity contribution in [3.8, 4) is 5.75 Å². The Morgan fingerprint density at radius 1 is 1.04 bits per heavy atom. The van der Waals surface area contributed by atoms with Gasteiger partial charge in [-0.2, -0.15) is 0 Å². The topological polar surface area (TPSA) is 52.0 Å². The van der Waals surface area contributed by atoms with E-state index in [4.69, 9.17) is 4.74 Å². The zero-order chi connectivity index (χ0) is 17.6. The molecule has 2 aromatic carbocycles. The Labute approximate surface area is 154 Å². The summed E-state index contributed by atoms with van der Waals surface area (Å²) in [5, 5.41) is 11.7. The fourth-order valence-corrected chi connectivity index (χ4v) is 3.36. The van der Waals surface area contributed by atoms with Crippen LogP contribution in [0.4, 0.5) is 0 Å². The van der Waals surface area contributed by atoms with Gasteiger partial charge in [0.25, 0.3) is 0 Å². The largest absolute Gasteiger partial charge is 0.489 e. The number of rotatable bonds is 7. The summed E-state index contributed by atoms with van der Waals surface area (Å²) in [7, 11) is 0. The number of hydrogen-bond acceptors (Lipinski definition) is 4. The minimum atomic E-state index is 0.602. The molecule has 1 unspecified atom stereocenters. The van der Waals surface area contributed by atoms with E-state index in [9.17, 15) is 0 Å². The van der Waals surface area contributed by atoms with Crippen molar-refractivity contribution in [2.45, 2.75) is 32.5 Å². The van der Waals surface area contributed by atoms with E-state index >= 15 is 0 Å². The SMILES string of the molecule is c1ccc(COc2ccc(CNCC3CCc4nncn4C3)cc2)cc1. The molecule has 1 aromatic heterocycles. The zero-order valence-corrected chi connectivity index (χ0v) is 14.8. The summed E-state index contributed by atoms with van der Waals surface area (Å²) in [5.74, 6) is 2.67. The summed E-state index contributed by atoms with van der Waals surface area (Å²) in [6.45, 7) is 3.52. The lowest BCUT2D eigenvalue weighted by atomic mass is 9.99. The summed E-state index contributed by atoms with van der Waals surface area (Å²) >= 11 is 0. The Morgan fingerprint density at radius 2 is 1.88 bits per heavy atom. The van der Waals surface area contributed by atoms with Gasteiger partial charge in [-0.1, -0.05) is 42.5 Å². The first-order chi connectivity index (χ1) is 12.9. The summed E-state index contributed by atoms with van der Waals surface area (Å²) in [6, 6.07) is 18.6. The molecule has 0 fully saturated rings. The Morgan fingerprint density at radius 3 is 2.73 bits per heavy atom. The lowest BCUT2D eigenvalue weighted by Gasteiger charge is -2.23. The lowest BCUT2D eigenvalue weighted by molar-refractivity contribution is 0.306. The number of aryl methyl sites for hydroxylation is 1. The minimum Gasteiger partial charge on any atom is -0.489 e. The molecule has 0 amide bonds. The second-order valence-corrected chi connectivity index (χ2v) is 6.85. The molecule has 0 bridgehead atoms. The number of ether oxygens (including phenoxy) is 1. The highest BCUT2D eigenvalue weighted by Crippen LogP contribution is 2.18. The smallest absolute Gasteiger partial charge is 0.132 e. The molecule has 1 N–H and O–H groups in total. The van der Waals surface area contributed by atoms with Crippen molar-refractivity contribution in [1.29, 1.82) is 0 Å². The van der Waals surface area contributed by atoms with Crippen molar-refractivity contribution in [3.05, 3.63) is 77.9 Å². The predicted molar refractivity (Wildman–Crippen MR) is 101 cm³/mol. The highest BCUT2D eigenvalue weighted by Gasteiger charge is 2.18. The molecule has 5 heteroatoms. The fourth-order valence-electron chi connectivity index (χ4n) is 3.36. The third-order valence-corrected chi connectivity index (χ3v) is 4.86.